The van der Waals surface area contributed by atoms with Crippen molar-refractivity contribution in [3.05, 3.63) is 46.0 Å². The van der Waals surface area contributed by atoms with E-state index in [1.54, 1.807) is 10.6 Å². The normalized spacial score (nSPS) is 12.3. The molecule has 2 heterocycles. The summed E-state index contributed by atoms with van der Waals surface area (Å²) < 4.78 is 1.54. The van der Waals surface area contributed by atoms with Crippen LogP contribution < -0.4 is 10.9 Å². The van der Waals surface area contributed by atoms with Crippen LogP contribution in [-0.2, 0) is 10.5 Å². The number of pyridine rings is 1. The molecule has 0 fully saturated rings. The van der Waals surface area contributed by atoms with Crippen LogP contribution in [0.15, 0.2) is 29.2 Å². The first kappa shape index (κ1) is 16.5. The third-order valence-electron chi connectivity index (χ3n) is 3.26. The van der Waals surface area contributed by atoms with Crippen LogP contribution in [0, 0.1) is 6.92 Å². The van der Waals surface area contributed by atoms with Gasteiger partial charge in [0.15, 0.2) is 0 Å². The summed E-state index contributed by atoms with van der Waals surface area (Å²) in [5, 5.41) is 2.71. The van der Waals surface area contributed by atoms with Crippen LogP contribution in [0.4, 0.5) is 0 Å². The molecule has 0 aliphatic rings. The maximum Gasteiger partial charge on any atom is 0.258 e. The topological polar surface area (TPSA) is 63.5 Å². The van der Waals surface area contributed by atoms with E-state index < -0.39 is 0 Å². The first-order chi connectivity index (χ1) is 10.5. The summed E-state index contributed by atoms with van der Waals surface area (Å²) in [6.07, 6.45) is 2.70. The predicted octanol–water partition coefficient (Wildman–Crippen LogP) is 2.15. The zero-order valence-corrected chi connectivity index (χ0v) is 13.9. The molecule has 2 rings (SSSR count). The van der Waals surface area contributed by atoms with Gasteiger partial charge in [0.2, 0.25) is 5.91 Å². The Balaban J connectivity index is 2.07. The van der Waals surface area contributed by atoms with E-state index in [1.807, 2.05) is 32.9 Å². The SMILES string of the molecule is CCCNC(=O)[C@H](C)SCc1cc(=O)n2cc(C)ccc2n1. The number of carbonyl (C=O) groups excluding carboxylic acids is 1. The van der Waals surface area contributed by atoms with Crippen LogP contribution in [0.25, 0.3) is 5.65 Å². The van der Waals surface area contributed by atoms with E-state index in [2.05, 4.69) is 10.3 Å². The number of nitrogens with one attached hydrogen (secondary N) is 1. The maximum absolute atomic E-state index is 12.1. The van der Waals surface area contributed by atoms with Gasteiger partial charge in [-0.05, 0) is 31.9 Å². The Labute approximate surface area is 134 Å². The highest BCUT2D eigenvalue weighted by Crippen LogP contribution is 2.16. The second-order valence-electron chi connectivity index (χ2n) is 5.26. The number of rotatable bonds is 6. The molecule has 0 radical (unpaired) electrons. The molecule has 2 aromatic rings. The molecule has 0 saturated heterocycles. The van der Waals surface area contributed by atoms with Crippen molar-refractivity contribution < 1.29 is 4.79 Å². The molecule has 22 heavy (non-hydrogen) atoms. The minimum absolute atomic E-state index is 0.0278. The summed E-state index contributed by atoms with van der Waals surface area (Å²) in [6, 6.07) is 5.30. The van der Waals surface area contributed by atoms with Crippen LogP contribution in [0.5, 0.6) is 0 Å². The number of thioether (sulfide) groups is 1. The van der Waals surface area contributed by atoms with Crippen molar-refractivity contribution in [1.82, 2.24) is 14.7 Å². The lowest BCUT2D eigenvalue weighted by molar-refractivity contribution is -0.120. The molecular formula is C16H21N3O2S. The van der Waals surface area contributed by atoms with Gasteiger partial charge < -0.3 is 5.32 Å². The minimum atomic E-state index is -0.162. The fourth-order valence-corrected chi connectivity index (χ4v) is 2.81. The standard InChI is InChI=1S/C16H21N3O2S/c1-4-7-17-16(21)12(3)22-10-13-8-15(20)19-9-11(2)5-6-14(19)18-13/h5-6,8-9,12H,4,7,10H2,1-3H3,(H,17,21)/t12-/m0/s1. The largest absolute Gasteiger partial charge is 0.355 e. The first-order valence-corrected chi connectivity index (χ1v) is 8.44. The number of aryl methyl sites for hydroxylation is 1. The van der Waals surface area contributed by atoms with E-state index in [9.17, 15) is 9.59 Å². The molecular weight excluding hydrogens is 298 g/mol. The van der Waals surface area contributed by atoms with Crippen LogP contribution in [0.1, 0.15) is 31.5 Å². The third kappa shape index (κ3) is 4.10. The van der Waals surface area contributed by atoms with Gasteiger partial charge in [0.05, 0.1) is 10.9 Å². The molecule has 0 aliphatic carbocycles. The molecule has 1 N–H and O–H groups in total. The highest BCUT2D eigenvalue weighted by atomic mass is 32.2. The van der Waals surface area contributed by atoms with E-state index >= 15 is 0 Å². The number of aromatic nitrogens is 2. The smallest absolute Gasteiger partial charge is 0.258 e. The molecule has 0 aromatic carbocycles. The second kappa shape index (κ2) is 7.45. The van der Waals surface area contributed by atoms with Gasteiger partial charge in [-0.25, -0.2) is 4.98 Å². The average Bonchev–Trinajstić information content (AvgIpc) is 2.51. The molecule has 5 nitrogen and oxygen atoms in total. The lowest BCUT2D eigenvalue weighted by Gasteiger charge is -2.11. The zero-order chi connectivity index (χ0) is 16.1. The van der Waals surface area contributed by atoms with Gasteiger partial charge in [-0.1, -0.05) is 13.0 Å². The number of carbonyl (C=O) groups is 1. The summed E-state index contributed by atoms with van der Waals surface area (Å²) in [7, 11) is 0. The summed E-state index contributed by atoms with van der Waals surface area (Å²) >= 11 is 1.49. The predicted molar refractivity (Wildman–Crippen MR) is 90.3 cm³/mol. The molecule has 0 bridgehead atoms. The van der Waals surface area contributed by atoms with Crippen molar-refractivity contribution in [1.29, 1.82) is 0 Å². The Morgan fingerprint density at radius 1 is 1.45 bits per heavy atom. The van der Waals surface area contributed by atoms with Crippen molar-refractivity contribution in [3.63, 3.8) is 0 Å². The molecule has 0 aliphatic heterocycles. The van der Waals surface area contributed by atoms with Crippen LogP contribution in [-0.4, -0.2) is 27.1 Å². The molecule has 118 valence electrons. The van der Waals surface area contributed by atoms with Crippen LogP contribution in [0.3, 0.4) is 0 Å². The highest BCUT2D eigenvalue weighted by molar-refractivity contribution is 7.99. The summed E-state index contributed by atoms with van der Waals surface area (Å²) in [5.74, 6) is 0.570. The minimum Gasteiger partial charge on any atom is -0.355 e. The van der Waals surface area contributed by atoms with E-state index in [1.165, 1.54) is 17.8 Å². The van der Waals surface area contributed by atoms with Gasteiger partial charge in [0, 0.05) is 24.6 Å². The molecule has 1 atom stereocenters. The van der Waals surface area contributed by atoms with E-state index in [0.717, 1.165) is 12.0 Å². The van der Waals surface area contributed by atoms with Gasteiger partial charge >= 0.3 is 0 Å². The molecule has 1 amide bonds. The van der Waals surface area contributed by atoms with Gasteiger partial charge in [0.25, 0.3) is 5.56 Å². The Morgan fingerprint density at radius 2 is 2.23 bits per heavy atom. The van der Waals surface area contributed by atoms with E-state index in [-0.39, 0.29) is 16.7 Å². The van der Waals surface area contributed by atoms with Crippen LogP contribution in [0.2, 0.25) is 0 Å². The number of hydrogen-bond acceptors (Lipinski definition) is 4. The van der Waals surface area contributed by atoms with Crippen molar-refractivity contribution in [2.24, 2.45) is 0 Å². The first-order valence-electron chi connectivity index (χ1n) is 7.39. The zero-order valence-electron chi connectivity index (χ0n) is 13.1. The quantitative estimate of drug-likeness (QED) is 0.886. The molecule has 6 heteroatoms. The Kier molecular flexibility index (Phi) is 5.60. The number of amides is 1. The van der Waals surface area contributed by atoms with Crippen molar-refractivity contribution in [2.75, 3.05) is 6.54 Å². The van der Waals surface area contributed by atoms with Gasteiger partial charge in [-0.3, -0.25) is 14.0 Å². The van der Waals surface area contributed by atoms with Gasteiger partial charge in [0.1, 0.15) is 5.65 Å². The molecule has 0 unspecified atom stereocenters. The Hall–Kier alpha value is -1.82. The van der Waals surface area contributed by atoms with E-state index in [0.29, 0.717) is 23.6 Å². The molecule has 0 spiro atoms. The number of nitrogens with zero attached hydrogens (tertiary/aromatic N) is 2. The number of fused-ring (bicyclic) bond motifs is 1. The fraction of sp³-hybridized carbons (Fsp3) is 0.438. The highest BCUT2D eigenvalue weighted by Gasteiger charge is 2.13. The average molecular weight is 319 g/mol. The third-order valence-corrected chi connectivity index (χ3v) is 4.44. The summed E-state index contributed by atoms with van der Waals surface area (Å²) in [6.45, 7) is 6.52. The molecule has 0 saturated carbocycles. The summed E-state index contributed by atoms with van der Waals surface area (Å²) in [5.41, 5.74) is 2.26. The van der Waals surface area contributed by atoms with Crippen molar-refractivity contribution in [3.8, 4) is 0 Å². The van der Waals surface area contributed by atoms with Gasteiger partial charge in [-0.15, -0.1) is 11.8 Å². The molecule has 2 aromatic heterocycles. The lowest BCUT2D eigenvalue weighted by atomic mass is 10.3. The van der Waals surface area contributed by atoms with Crippen molar-refractivity contribution in [2.45, 2.75) is 38.2 Å². The fourth-order valence-electron chi connectivity index (χ4n) is 2.01. The maximum atomic E-state index is 12.1. The van der Waals surface area contributed by atoms with Gasteiger partial charge in [-0.2, -0.15) is 0 Å². The van der Waals surface area contributed by atoms with E-state index in [4.69, 9.17) is 0 Å². The number of hydrogen-bond donors (Lipinski definition) is 1. The summed E-state index contributed by atoms with van der Waals surface area (Å²) in [4.78, 5) is 28.4. The lowest BCUT2D eigenvalue weighted by Crippen LogP contribution is -2.31. The van der Waals surface area contributed by atoms with Crippen molar-refractivity contribution >= 4 is 23.3 Å². The monoisotopic (exact) mass is 319 g/mol. The second-order valence-corrected chi connectivity index (χ2v) is 6.59. The Morgan fingerprint density at radius 3 is 2.95 bits per heavy atom. The Bertz CT molecular complexity index is 727. The van der Waals surface area contributed by atoms with Crippen LogP contribution >= 0.6 is 11.8 Å².